The first kappa shape index (κ1) is 16.8. The molecule has 2 aliphatic carbocycles. The molecule has 1 saturated heterocycles. The predicted molar refractivity (Wildman–Crippen MR) is 102 cm³/mol. The van der Waals surface area contributed by atoms with Gasteiger partial charge in [0.25, 0.3) is 0 Å². The molecule has 3 fully saturated rings. The molecule has 142 valence electrons. The number of amides is 1. The Morgan fingerprint density at radius 1 is 1.15 bits per heavy atom. The van der Waals surface area contributed by atoms with Gasteiger partial charge < -0.3 is 14.6 Å². The van der Waals surface area contributed by atoms with E-state index >= 15 is 0 Å². The normalized spacial score (nSPS) is 21.9. The molecule has 5 rings (SSSR count). The van der Waals surface area contributed by atoms with Gasteiger partial charge in [-0.25, -0.2) is 0 Å². The molecule has 1 amide bonds. The molecule has 1 aromatic heterocycles. The number of carbonyl (C=O) groups excluding carboxylic acids is 1. The monoisotopic (exact) mass is 366 g/mol. The first-order valence-corrected chi connectivity index (χ1v) is 10.1. The number of rotatable bonds is 5. The fourth-order valence-corrected chi connectivity index (χ4v) is 4.11. The van der Waals surface area contributed by atoms with Crippen LogP contribution in [0.3, 0.4) is 0 Å². The quantitative estimate of drug-likeness (QED) is 0.871. The van der Waals surface area contributed by atoms with Gasteiger partial charge in [0.1, 0.15) is 6.04 Å². The molecule has 1 aromatic carbocycles. The maximum atomic E-state index is 12.7. The van der Waals surface area contributed by atoms with Gasteiger partial charge in [0, 0.05) is 18.7 Å². The Labute approximate surface area is 159 Å². The predicted octanol–water partition coefficient (Wildman–Crippen LogP) is 3.82. The van der Waals surface area contributed by atoms with Gasteiger partial charge in [-0.3, -0.25) is 4.79 Å². The van der Waals surface area contributed by atoms with Crippen molar-refractivity contribution in [2.24, 2.45) is 5.41 Å². The minimum atomic E-state index is -0.371. The highest BCUT2D eigenvalue weighted by Gasteiger charge is 2.45. The van der Waals surface area contributed by atoms with Gasteiger partial charge in [-0.1, -0.05) is 17.2 Å². The molecule has 2 aromatic rings. The molecule has 3 aliphatic rings. The molecule has 6 heteroatoms. The largest absolute Gasteiger partial charge is 0.403 e. The zero-order valence-electron chi connectivity index (χ0n) is 15.8. The van der Waals surface area contributed by atoms with E-state index in [2.05, 4.69) is 27.6 Å². The number of nitrogens with one attached hydrogen (secondary N) is 1. The fourth-order valence-electron chi connectivity index (χ4n) is 4.11. The van der Waals surface area contributed by atoms with Crippen LogP contribution in [0.2, 0.25) is 0 Å². The number of carbonyl (C=O) groups is 1. The highest BCUT2D eigenvalue weighted by atomic mass is 16.4. The van der Waals surface area contributed by atoms with E-state index in [1.807, 2.05) is 24.0 Å². The summed E-state index contributed by atoms with van der Waals surface area (Å²) in [5.74, 6) is 1.32. The SMILES string of the molecule is C[C@H](Nc1nnc(-c2ccc(C3CC3)cc2)o1)C(=O)N1CCC2(CC1)CC2. The van der Waals surface area contributed by atoms with E-state index in [1.165, 1.54) is 31.2 Å². The van der Waals surface area contributed by atoms with Gasteiger partial charge >= 0.3 is 6.01 Å². The Morgan fingerprint density at radius 2 is 1.85 bits per heavy atom. The van der Waals surface area contributed by atoms with Crippen molar-refractivity contribution in [1.82, 2.24) is 15.1 Å². The summed E-state index contributed by atoms with van der Waals surface area (Å²) in [6, 6.07) is 8.26. The molecule has 1 spiro atoms. The Hall–Kier alpha value is -2.37. The summed E-state index contributed by atoms with van der Waals surface area (Å²) in [6.07, 6.45) is 7.56. The second kappa shape index (κ2) is 6.36. The number of aromatic nitrogens is 2. The first-order valence-electron chi connectivity index (χ1n) is 10.1. The lowest BCUT2D eigenvalue weighted by atomic mass is 9.93. The minimum absolute atomic E-state index is 0.110. The molecule has 1 aliphatic heterocycles. The summed E-state index contributed by atoms with van der Waals surface area (Å²) in [6.45, 7) is 3.60. The highest BCUT2D eigenvalue weighted by molar-refractivity contribution is 5.83. The van der Waals surface area contributed by atoms with Crippen LogP contribution >= 0.6 is 0 Å². The average Bonchev–Trinajstić information content (AvgIpc) is 3.62. The second-order valence-corrected chi connectivity index (χ2v) is 8.50. The lowest BCUT2D eigenvalue weighted by Gasteiger charge is -2.33. The van der Waals surface area contributed by atoms with E-state index in [4.69, 9.17) is 4.42 Å². The van der Waals surface area contributed by atoms with Gasteiger partial charge in [0.15, 0.2) is 0 Å². The van der Waals surface area contributed by atoms with Crippen LogP contribution in [0.15, 0.2) is 28.7 Å². The molecule has 1 N–H and O–H groups in total. The molecule has 1 atom stereocenters. The van der Waals surface area contributed by atoms with E-state index in [1.54, 1.807) is 0 Å². The van der Waals surface area contributed by atoms with Crippen LogP contribution in [-0.2, 0) is 4.79 Å². The average molecular weight is 366 g/mol. The summed E-state index contributed by atoms with van der Waals surface area (Å²) < 4.78 is 5.73. The number of piperidine rings is 1. The third-order valence-corrected chi connectivity index (χ3v) is 6.43. The zero-order valence-corrected chi connectivity index (χ0v) is 15.8. The number of nitrogens with zero attached hydrogens (tertiary/aromatic N) is 3. The Balaban J connectivity index is 1.20. The molecule has 2 saturated carbocycles. The van der Waals surface area contributed by atoms with E-state index in [9.17, 15) is 4.79 Å². The lowest BCUT2D eigenvalue weighted by molar-refractivity contribution is -0.133. The summed E-state index contributed by atoms with van der Waals surface area (Å²) in [4.78, 5) is 14.7. The number of anilines is 1. The molecule has 0 radical (unpaired) electrons. The Morgan fingerprint density at radius 3 is 2.48 bits per heavy atom. The maximum Gasteiger partial charge on any atom is 0.316 e. The highest BCUT2D eigenvalue weighted by Crippen LogP contribution is 2.53. The number of hydrogen-bond acceptors (Lipinski definition) is 5. The summed E-state index contributed by atoms with van der Waals surface area (Å²) >= 11 is 0. The molecular formula is C21H26N4O2. The van der Waals surface area contributed by atoms with Gasteiger partial charge in [0.2, 0.25) is 11.8 Å². The van der Waals surface area contributed by atoms with Crippen molar-refractivity contribution in [2.45, 2.75) is 57.4 Å². The van der Waals surface area contributed by atoms with Crippen LogP contribution in [0.25, 0.3) is 11.5 Å². The second-order valence-electron chi connectivity index (χ2n) is 8.50. The van der Waals surface area contributed by atoms with Crippen molar-refractivity contribution < 1.29 is 9.21 Å². The van der Waals surface area contributed by atoms with Gasteiger partial charge in [0.05, 0.1) is 0 Å². The zero-order chi connectivity index (χ0) is 18.4. The molecular weight excluding hydrogens is 340 g/mol. The van der Waals surface area contributed by atoms with Crippen LogP contribution in [0.1, 0.15) is 56.9 Å². The van der Waals surface area contributed by atoms with Crippen molar-refractivity contribution in [1.29, 1.82) is 0 Å². The van der Waals surface area contributed by atoms with E-state index < -0.39 is 0 Å². The van der Waals surface area contributed by atoms with E-state index in [-0.39, 0.29) is 11.9 Å². The van der Waals surface area contributed by atoms with Crippen LogP contribution in [-0.4, -0.2) is 40.1 Å². The molecule has 0 unspecified atom stereocenters. The van der Waals surface area contributed by atoms with Crippen molar-refractivity contribution in [3.05, 3.63) is 29.8 Å². The van der Waals surface area contributed by atoms with Crippen molar-refractivity contribution >= 4 is 11.9 Å². The molecule has 0 bridgehead atoms. The number of benzene rings is 1. The van der Waals surface area contributed by atoms with Crippen LogP contribution in [0, 0.1) is 5.41 Å². The fraction of sp³-hybridized carbons (Fsp3) is 0.571. The molecule has 27 heavy (non-hydrogen) atoms. The first-order chi connectivity index (χ1) is 13.1. The third-order valence-electron chi connectivity index (χ3n) is 6.43. The van der Waals surface area contributed by atoms with Crippen molar-refractivity contribution in [3.8, 4) is 11.5 Å². The topological polar surface area (TPSA) is 71.3 Å². The van der Waals surface area contributed by atoms with E-state index in [0.29, 0.717) is 17.3 Å². The van der Waals surface area contributed by atoms with Crippen molar-refractivity contribution in [3.63, 3.8) is 0 Å². The maximum absolute atomic E-state index is 12.7. The number of hydrogen-bond donors (Lipinski definition) is 1. The van der Waals surface area contributed by atoms with Crippen LogP contribution in [0.5, 0.6) is 0 Å². The summed E-state index contributed by atoms with van der Waals surface area (Å²) in [5, 5.41) is 11.3. The summed E-state index contributed by atoms with van der Waals surface area (Å²) in [7, 11) is 0. The van der Waals surface area contributed by atoms with E-state index in [0.717, 1.165) is 37.4 Å². The van der Waals surface area contributed by atoms with Gasteiger partial charge in [-0.2, -0.15) is 0 Å². The van der Waals surface area contributed by atoms with Crippen LogP contribution in [0.4, 0.5) is 6.01 Å². The lowest BCUT2D eigenvalue weighted by Crippen LogP contribution is -2.45. The standard InChI is InChI=1S/C21H26N4O2/c1-14(19(26)25-12-10-21(8-9-21)11-13-25)22-20-24-23-18(27-20)17-6-4-16(5-7-17)15-2-3-15/h4-7,14-15H,2-3,8-13H2,1H3,(H,22,24)/t14-/m0/s1. The Bertz CT molecular complexity index is 826. The van der Waals surface area contributed by atoms with Crippen molar-refractivity contribution in [2.75, 3.05) is 18.4 Å². The smallest absolute Gasteiger partial charge is 0.316 e. The Kier molecular flexibility index (Phi) is 3.95. The van der Waals surface area contributed by atoms with Gasteiger partial charge in [-0.15, -0.1) is 5.10 Å². The summed E-state index contributed by atoms with van der Waals surface area (Å²) in [5.41, 5.74) is 2.86. The van der Waals surface area contributed by atoms with Crippen LogP contribution < -0.4 is 5.32 Å². The third kappa shape index (κ3) is 3.45. The number of likely N-dealkylation sites (tertiary alicyclic amines) is 1. The molecule has 2 heterocycles. The van der Waals surface area contributed by atoms with Gasteiger partial charge in [-0.05, 0) is 74.5 Å². The minimum Gasteiger partial charge on any atom is -0.403 e. The molecule has 6 nitrogen and oxygen atoms in total.